The van der Waals surface area contributed by atoms with E-state index in [0.29, 0.717) is 25.7 Å². The first-order chi connectivity index (χ1) is 9.81. The molecule has 0 amide bonds. The second-order valence-corrected chi connectivity index (χ2v) is 4.91. The smallest absolute Gasteiger partial charge is 0.330 e. The molecule has 0 aliphatic heterocycles. The van der Waals surface area contributed by atoms with Crippen LogP contribution in [0.15, 0.2) is 12.2 Å². The Hall–Kier alpha value is -1.89. The first-order valence-corrected chi connectivity index (χ1v) is 6.78. The molecule has 2 atom stereocenters. The fourth-order valence-electron chi connectivity index (χ4n) is 2.12. The molecule has 7 heteroatoms. The lowest BCUT2D eigenvalue weighted by molar-refractivity contribution is -0.155. The van der Waals surface area contributed by atoms with E-state index in [4.69, 9.17) is 20.4 Å². The average Bonchev–Trinajstić information content (AvgIpc) is 2.45. The summed E-state index contributed by atoms with van der Waals surface area (Å²) in [5, 5.41) is 33.9. The minimum atomic E-state index is -0.983. The number of hydrogen-bond donors (Lipinski definition) is 4. The van der Waals surface area contributed by atoms with Crippen molar-refractivity contribution in [2.45, 2.75) is 38.5 Å². The molecule has 0 saturated heterocycles. The molecule has 4 N–H and O–H groups in total. The Morgan fingerprint density at radius 3 is 1.67 bits per heavy atom. The minimum Gasteiger partial charge on any atom is -0.481 e. The number of aliphatic carboxylic acids is 3. The molecule has 7 nitrogen and oxygen atoms in total. The van der Waals surface area contributed by atoms with E-state index in [1.807, 2.05) is 0 Å². The molecule has 0 aromatic heterocycles. The molecule has 120 valence electrons. The van der Waals surface area contributed by atoms with Crippen LogP contribution in [0.5, 0.6) is 0 Å². The highest BCUT2D eigenvalue weighted by molar-refractivity contribution is 5.85. The summed E-state index contributed by atoms with van der Waals surface area (Å²) in [7, 11) is 0. The van der Waals surface area contributed by atoms with Gasteiger partial charge in [-0.05, 0) is 25.7 Å². The van der Waals surface area contributed by atoms with E-state index in [-0.39, 0.29) is 12.2 Å². The van der Waals surface area contributed by atoms with E-state index < -0.39 is 29.7 Å². The number of aliphatic hydroxyl groups excluding tert-OH is 1. The van der Waals surface area contributed by atoms with Gasteiger partial charge in [-0.3, -0.25) is 9.59 Å². The Morgan fingerprint density at radius 1 is 0.952 bits per heavy atom. The van der Waals surface area contributed by atoms with Gasteiger partial charge in [0.2, 0.25) is 0 Å². The molecule has 1 aliphatic carbocycles. The Labute approximate surface area is 122 Å². The number of aliphatic hydroxyl groups is 1. The van der Waals surface area contributed by atoms with Gasteiger partial charge in [0.25, 0.3) is 0 Å². The van der Waals surface area contributed by atoms with Crippen molar-refractivity contribution in [3.05, 3.63) is 12.2 Å². The molecule has 0 radical (unpaired) electrons. The Balaban J connectivity index is 0.000000400. The zero-order valence-corrected chi connectivity index (χ0v) is 11.8. The van der Waals surface area contributed by atoms with Crippen LogP contribution in [0, 0.1) is 11.8 Å². The van der Waals surface area contributed by atoms with Crippen molar-refractivity contribution in [2.75, 3.05) is 6.61 Å². The van der Waals surface area contributed by atoms with Gasteiger partial charge in [0.15, 0.2) is 0 Å². The summed E-state index contributed by atoms with van der Waals surface area (Å²) in [5.74, 6) is -4.26. The van der Waals surface area contributed by atoms with Crippen LogP contribution in [-0.4, -0.2) is 44.9 Å². The number of carbonyl (C=O) groups is 3. The minimum absolute atomic E-state index is 0.0201. The zero-order chi connectivity index (χ0) is 16.4. The lowest BCUT2D eigenvalue weighted by atomic mass is 9.79. The number of rotatable bonds is 6. The Bertz CT molecular complexity index is 367. The van der Waals surface area contributed by atoms with Crippen LogP contribution in [0.3, 0.4) is 0 Å². The molecule has 1 rings (SSSR count). The predicted molar refractivity (Wildman–Crippen MR) is 73.8 cm³/mol. The molecule has 0 heterocycles. The van der Waals surface area contributed by atoms with Crippen LogP contribution in [0.25, 0.3) is 0 Å². The van der Waals surface area contributed by atoms with Crippen molar-refractivity contribution in [3.8, 4) is 0 Å². The van der Waals surface area contributed by atoms with E-state index in [1.54, 1.807) is 0 Å². The quantitative estimate of drug-likeness (QED) is 0.544. The summed E-state index contributed by atoms with van der Waals surface area (Å²) in [6.07, 6.45) is 3.52. The van der Waals surface area contributed by atoms with Gasteiger partial charge in [0.05, 0.1) is 11.8 Å². The summed E-state index contributed by atoms with van der Waals surface area (Å²) < 4.78 is 0. The molecule has 1 aliphatic rings. The lowest BCUT2D eigenvalue weighted by Gasteiger charge is -2.24. The van der Waals surface area contributed by atoms with E-state index in [1.165, 1.54) is 0 Å². The second kappa shape index (κ2) is 9.93. The van der Waals surface area contributed by atoms with Crippen molar-refractivity contribution >= 4 is 17.9 Å². The maximum atomic E-state index is 10.6. The first-order valence-electron chi connectivity index (χ1n) is 6.78. The Kier molecular flexibility index (Phi) is 9.03. The van der Waals surface area contributed by atoms with Crippen LogP contribution in [0.1, 0.15) is 38.5 Å². The van der Waals surface area contributed by atoms with E-state index >= 15 is 0 Å². The van der Waals surface area contributed by atoms with Crippen molar-refractivity contribution in [2.24, 2.45) is 11.8 Å². The summed E-state index contributed by atoms with van der Waals surface area (Å²) in [6.45, 7) is 3.30. The standard InChI is InChI=1S/C8H12O4.C6H10O3/c9-7(10)5-3-1-2-4-6(5)8(11)12;1-5(6(8)9)3-2-4-7/h5-6H,1-4H2,(H,9,10)(H,11,12);7H,1-4H2,(H,8,9). The highest BCUT2D eigenvalue weighted by Crippen LogP contribution is 2.30. The van der Waals surface area contributed by atoms with Crippen LogP contribution < -0.4 is 0 Å². The summed E-state index contributed by atoms with van der Waals surface area (Å²) in [5.41, 5.74) is 0.157. The molecule has 1 fully saturated rings. The third-order valence-corrected chi connectivity index (χ3v) is 3.34. The van der Waals surface area contributed by atoms with Gasteiger partial charge in [-0.2, -0.15) is 0 Å². The second-order valence-electron chi connectivity index (χ2n) is 4.91. The van der Waals surface area contributed by atoms with Crippen LogP contribution >= 0.6 is 0 Å². The fraction of sp³-hybridized carbons (Fsp3) is 0.643. The summed E-state index contributed by atoms with van der Waals surface area (Å²) in [4.78, 5) is 31.2. The average molecular weight is 302 g/mol. The van der Waals surface area contributed by atoms with Gasteiger partial charge in [-0.25, -0.2) is 4.79 Å². The summed E-state index contributed by atoms with van der Waals surface area (Å²) in [6, 6.07) is 0. The van der Waals surface area contributed by atoms with Gasteiger partial charge in [-0.15, -0.1) is 0 Å². The molecule has 0 aromatic carbocycles. The van der Waals surface area contributed by atoms with Gasteiger partial charge < -0.3 is 20.4 Å². The molecule has 21 heavy (non-hydrogen) atoms. The largest absolute Gasteiger partial charge is 0.481 e. The summed E-state index contributed by atoms with van der Waals surface area (Å²) >= 11 is 0. The highest BCUT2D eigenvalue weighted by Gasteiger charge is 2.35. The lowest BCUT2D eigenvalue weighted by Crippen LogP contribution is -2.32. The Morgan fingerprint density at radius 2 is 1.38 bits per heavy atom. The predicted octanol–water partition coefficient (Wildman–Crippen LogP) is 1.36. The van der Waals surface area contributed by atoms with Gasteiger partial charge in [-0.1, -0.05) is 19.4 Å². The molecule has 1 saturated carbocycles. The van der Waals surface area contributed by atoms with Crippen molar-refractivity contribution in [1.29, 1.82) is 0 Å². The van der Waals surface area contributed by atoms with Crippen LogP contribution in [0.4, 0.5) is 0 Å². The number of hydrogen-bond acceptors (Lipinski definition) is 4. The molecular formula is C14H22O7. The highest BCUT2D eigenvalue weighted by atomic mass is 16.4. The topological polar surface area (TPSA) is 132 Å². The van der Waals surface area contributed by atoms with Crippen molar-refractivity contribution in [3.63, 3.8) is 0 Å². The zero-order valence-electron chi connectivity index (χ0n) is 11.8. The normalized spacial score (nSPS) is 20.8. The molecular weight excluding hydrogens is 280 g/mol. The van der Waals surface area contributed by atoms with E-state index in [9.17, 15) is 14.4 Å². The molecule has 0 spiro atoms. The van der Waals surface area contributed by atoms with Gasteiger partial charge in [0, 0.05) is 12.2 Å². The monoisotopic (exact) mass is 302 g/mol. The number of carboxylic acid groups (broad SMARTS) is 3. The van der Waals surface area contributed by atoms with Crippen LogP contribution in [0.2, 0.25) is 0 Å². The van der Waals surface area contributed by atoms with E-state index in [0.717, 1.165) is 12.8 Å². The molecule has 2 unspecified atom stereocenters. The van der Waals surface area contributed by atoms with Crippen LogP contribution in [-0.2, 0) is 14.4 Å². The fourth-order valence-corrected chi connectivity index (χ4v) is 2.12. The third-order valence-electron chi connectivity index (χ3n) is 3.34. The van der Waals surface area contributed by atoms with Crippen molar-refractivity contribution < 1.29 is 34.8 Å². The third kappa shape index (κ3) is 7.45. The van der Waals surface area contributed by atoms with Gasteiger partial charge >= 0.3 is 17.9 Å². The molecule has 0 bridgehead atoms. The number of carboxylic acids is 3. The van der Waals surface area contributed by atoms with Gasteiger partial charge in [0.1, 0.15) is 0 Å². The van der Waals surface area contributed by atoms with E-state index in [2.05, 4.69) is 6.58 Å². The maximum Gasteiger partial charge on any atom is 0.330 e. The molecule has 0 aromatic rings. The van der Waals surface area contributed by atoms with Crippen molar-refractivity contribution in [1.82, 2.24) is 0 Å². The SMILES string of the molecule is C=C(CCCO)C(=O)O.O=C(O)C1CCCCC1C(=O)O. The maximum absolute atomic E-state index is 10.6. The first kappa shape index (κ1) is 19.1.